The van der Waals surface area contributed by atoms with Gasteiger partial charge in [-0.15, -0.1) is 0 Å². The van der Waals surface area contributed by atoms with Gasteiger partial charge in [0.2, 0.25) is 0 Å². The van der Waals surface area contributed by atoms with Crippen molar-refractivity contribution < 1.29 is 18.9 Å². The highest BCUT2D eigenvalue weighted by Gasteiger charge is 2.20. The SMILES string of the molecule is C.C.C.C.C.C.C.CC(C)CCCN1CCCC1.CC(C)CCCN1CCOCC1.CC(C)CN1CCN(C(C)C)CC1.CC(C)CN1CCOCC1.COCCN1CCN(CC(C)C)CC1.COCCN1CCN(CCCC(C)C)CC1. The summed E-state index contributed by atoms with van der Waals surface area (Å²) in [6, 6.07) is 0.723. The Kier molecular flexibility index (Phi) is 73.0. The largest absolute Gasteiger partial charge is 0.383 e. The number of methoxy groups -OCH3 is 2. The van der Waals surface area contributed by atoms with Crippen molar-refractivity contribution in [3.05, 3.63) is 0 Å². The Labute approximate surface area is 526 Å². The van der Waals surface area contributed by atoms with Crippen LogP contribution < -0.4 is 0 Å². The van der Waals surface area contributed by atoms with Crippen LogP contribution in [-0.4, -0.2) is 274 Å². The van der Waals surface area contributed by atoms with Gasteiger partial charge in [0.25, 0.3) is 0 Å². The van der Waals surface area contributed by atoms with Gasteiger partial charge in [-0.05, 0) is 133 Å². The number of morpholine rings is 2. The van der Waals surface area contributed by atoms with Crippen molar-refractivity contribution in [2.45, 2.75) is 206 Å². The van der Waals surface area contributed by atoms with Gasteiger partial charge in [0.1, 0.15) is 0 Å². The molecular weight excluding hydrogens is 1030 g/mol. The highest BCUT2D eigenvalue weighted by molar-refractivity contribution is 4.76. The van der Waals surface area contributed by atoms with Crippen molar-refractivity contribution in [1.82, 2.24) is 44.1 Å². The lowest BCUT2D eigenvalue weighted by Gasteiger charge is -2.37. The molecule has 6 heterocycles. The predicted molar refractivity (Wildman–Crippen MR) is 377 cm³/mol. The van der Waals surface area contributed by atoms with E-state index in [1.165, 1.54) is 182 Å². The van der Waals surface area contributed by atoms with Crippen molar-refractivity contribution in [2.24, 2.45) is 35.5 Å². The molecule has 13 nitrogen and oxygen atoms in total. The summed E-state index contributed by atoms with van der Waals surface area (Å²) in [5.41, 5.74) is 0. The van der Waals surface area contributed by atoms with Gasteiger partial charge in [-0.2, -0.15) is 0 Å². The summed E-state index contributed by atoms with van der Waals surface area (Å²) < 4.78 is 20.7. The number of piperazine rings is 3. The van der Waals surface area contributed by atoms with Crippen molar-refractivity contribution in [3.8, 4) is 0 Å². The molecule has 6 saturated heterocycles. The van der Waals surface area contributed by atoms with Crippen LogP contribution in [0.2, 0.25) is 0 Å². The lowest BCUT2D eigenvalue weighted by Crippen LogP contribution is -2.49. The fraction of sp³-hybridized carbons (Fsp3) is 1.00. The molecule has 13 heteroatoms. The molecule has 0 aromatic rings. The van der Waals surface area contributed by atoms with Crippen LogP contribution in [-0.2, 0) is 18.9 Å². The number of hydrogen-bond acceptors (Lipinski definition) is 13. The molecule has 0 aliphatic carbocycles. The van der Waals surface area contributed by atoms with E-state index < -0.39 is 0 Å². The van der Waals surface area contributed by atoms with Crippen LogP contribution in [0, 0.1) is 35.5 Å². The average molecular weight is 1200 g/mol. The van der Waals surface area contributed by atoms with E-state index in [2.05, 4.69) is 141 Å². The van der Waals surface area contributed by atoms with Crippen molar-refractivity contribution in [2.75, 3.05) is 224 Å². The normalized spacial score (nSPS) is 18.8. The van der Waals surface area contributed by atoms with E-state index in [1.54, 1.807) is 14.2 Å². The fourth-order valence-corrected chi connectivity index (χ4v) is 10.7. The molecule has 0 N–H and O–H groups in total. The first-order chi connectivity index (χ1) is 36.4. The molecular formula is C70H163N9O4. The first-order valence-electron chi connectivity index (χ1n) is 32.1. The summed E-state index contributed by atoms with van der Waals surface area (Å²) in [6.07, 6.45) is 11.1. The van der Waals surface area contributed by atoms with Gasteiger partial charge in [-0.3, -0.25) is 24.5 Å². The third-order valence-electron chi connectivity index (χ3n) is 15.3. The van der Waals surface area contributed by atoms with E-state index in [4.69, 9.17) is 18.9 Å². The Balaban J connectivity index is -0.000000165. The maximum Gasteiger partial charge on any atom is 0.0594 e. The minimum absolute atomic E-state index is 0. The molecule has 0 saturated carbocycles. The smallest absolute Gasteiger partial charge is 0.0594 e. The molecule has 0 spiro atoms. The summed E-state index contributed by atoms with van der Waals surface area (Å²) in [6.45, 7) is 69.4. The van der Waals surface area contributed by atoms with Crippen LogP contribution in [0.4, 0.5) is 0 Å². The molecule has 0 radical (unpaired) electrons. The zero-order valence-corrected chi connectivity index (χ0v) is 54.0. The quantitative estimate of drug-likeness (QED) is 0.0873. The number of likely N-dealkylation sites (tertiary alicyclic amines) is 1. The van der Waals surface area contributed by atoms with E-state index in [1.807, 2.05) is 0 Å². The molecule has 6 aliphatic heterocycles. The van der Waals surface area contributed by atoms with Crippen molar-refractivity contribution in [3.63, 3.8) is 0 Å². The van der Waals surface area contributed by atoms with E-state index >= 15 is 0 Å². The molecule has 0 aromatic heterocycles. The fourth-order valence-electron chi connectivity index (χ4n) is 10.7. The Morgan fingerprint density at radius 2 is 0.530 bits per heavy atom. The zero-order valence-electron chi connectivity index (χ0n) is 54.0. The molecule has 512 valence electrons. The first-order valence-corrected chi connectivity index (χ1v) is 32.1. The van der Waals surface area contributed by atoms with Gasteiger partial charge in [0, 0.05) is 158 Å². The molecule has 6 fully saturated rings. The molecule has 0 bridgehead atoms. The van der Waals surface area contributed by atoms with Crippen LogP contribution >= 0.6 is 0 Å². The predicted octanol–water partition coefficient (Wildman–Crippen LogP) is 14.0. The van der Waals surface area contributed by atoms with Crippen molar-refractivity contribution in [1.29, 1.82) is 0 Å². The van der Waals surface area contributed by atoms with E-state index in [0.29, 0.717) is 0 Å². The van der Waals surface area contributed by atoms with Crippen LogP contribution in [0.25, 0.3) is 0 Å². The van der Waals surface area contributed by atoms with Gasteiger partial charge >= 0.3 is 0 Å². The van der Waals surface area contributed by atoms with Crippen molar-refractivity contribution >= 4 is 0 Å². The Bertz CT molecular complexity index is 1210. The van der Waals surface area contributed by atoms with Gasteiger partial charge in [0.15, 0.2) is 0 Å². The second-order valence-corrected chi connectivity index (χ2v) is 25.9. The number of hydrogen-bond donors (Lipinski definition) is 0. The molecule has 6 aliphatic rings. The summed E-state index contributed by atoms with van der Waals surface area (Å²) >= 11 is 0. The maximum absolute atomic E-state index is 5.29. The maximum atomic E-state index is 5.29. The third-order valence-corrected chi connectivity index (χ3v) is 15.3. The Morgan fingerprint density at radius 3 is 0.807 bits per heavy atom. The van der Waals surface area contributed by atoms with Gasteiger partial charge in [0.05, 0.1) is 39.6 Å². The van der Waals surface area contributed by atoms with Crippen LogP contribution in [0.5, 0.6) is 0 Å². The lowest BCUT2D eigenvalue weighted by molar-refractivity contribution is 0.0329. The second kappa shape index (κ2) is 63.1. The Morgan fingerprint density at radius 1 is 0.289 bits per heavy atom. The van der Waals surface area contributed by atoms with Crippen LogP contribution in [0.1, 0.15) is 200 Å². The molecule has 83 heavy (non-hydrogen) atoms. The number of rotatable bonds is 25. The molecule has 0 unspecified atom stereocenters. The van der Waals surface area contributed by atoms with Gasteiger partial charge in [-0.1, -0.05) is 135 Å². The minimum atomic E-state index is 0. The van der Waals surface area contributed by atoms with E-state index in [0.717, 1.165) is 120 Å². The summed E-state index contributed by atoms with van der Waals surface area (Å²) in [7, 11) is 3.55. The highest BCUT2D eigenvalue weighted by atomic mass is 16.5. The summed E-state index contributed by atoms with van der Waals surface area (Å²) in [5, 5.41) is 0. The standard InChI is InChI=1S/C13H28N2O.C11H24N2O.C11H24N2.C10H21NO.C10H21N.C8H17NO.7CH4/c1-13(2)5-4-6-14-7-9-15(10-8-14)11-12-16-3;1-11(2)10-13-6-4-12(5-7-13)8-9-14-3;1-10(2)9-12-5-7-13(8-6-12)11(3)4;1-10(2)4-3-5-11-6-8-12-9-7-11;1-10(2)6-5-9-11-7-3-4-8-11;1-8(2)7-9-3-5-10-6-4-9;;;;;;;/h13H,4-12H2,1-3H3;11H,4-10H2,1-3H3;10-11H,5-9H2,1-4H3;10H,3-9H2,1-2H3;10H,3-9H2,1-2H3;8H,3-7H2,1-2H3;7*1H4. The van der Waals surface area contributed by atoms with E-state index in [-0.39, 0.29) is 52.0 Å². The monoisotopic (exact) mass is 1190 g/mol. The summed E-state index contributed by atoms with van der Waals surface area (Å²) in [4.78, 5) is 22.9. The first kappa shape index (κ1) is 96.1. The van der Waals surface area contributed by atoms with Crippen LogP contribution in [0.3, 0.4) is 0 Å². The molecule has 0 atom stereocenters. The lowest BCUT2D eigenvalue weighted by atomic mass is 10.1. The zero-order chi connectivity index (χ0) is 56.4. The second-order valence-electron chi connectivity index (χ2n) is 25.9. The summed E-state index contributed by atoms with van der Waals surface area (Å²) in [5.74, 6) is 4.98. The van der Waals surface area contributed by atoms with Gasteiger partial charge < -0.3 is 38.5 Å². The minimum Gasteiger partial charge on any atom is -0.383 e. The number of nitrogens with zero attached hydrogens (tertiary/aromatic N) is 9. The average Bonchev–Trinajstić information content (AvgIpc) is 3.91. The van der Waals surface area contributed by atoms with E-state index in [9.17, 15) is 0 Å². The molecule has 0 aromatic carbocycles. The van der Waals surface area contributed by atoms with Crippen LogP contribution in [0.15, 0.2) is 0 Å². The topological polar surface area (TPSA) is 66.1 Å². The molecule has 6 rings (SSSR count). The highest BCUT2D eigenvalue weighted by Crippen LogP contribution is 2.13. The molecule has 0 amide bonds. The number of ether oxygens (including phenoxy) is 4. The Hall–Kier alpha value is -0.520. The van der Waals surface area contributed by atoms with Gasteiger partial charge in [-0.25, -0.2) is 0 Å². The third kappa shape index (κ3) is 57.7.